The second-order valence-electron chi connectivity index (χ2n) is 6.94. The number of benzene rings is 2. The number of esters is 1. The Balaban J connectivity index is 1.47. The van der Waals surface area contributed by atoms with Gasteiger partial charge in [-0.25, -0.2) is 0 Å². The zero-order valence-electron chi connectivity index (χ0n) is 16.4. The van der Waals surface area contributed by atoms with Crippen molar-refractivity contribution in [2.75, 3.05) is 18.5 Å². The minimum absolute atomic E-state index is 0.0798. The molecule has 2 aromatic rings. The molecule has 1 heterocycles. The molecule has 3 rings (SSSR count). The Bertz CT molecular complexity index is 983. The van der Waals surface area contributed by atoms with Crippen molar-refractivity contribution in [2.24, 2.45) is 0 Å². The highest BCUT2D eigenvalue weighted by Gasteiger charge is 2.30. The number of nitrogens with one attached hydrogen (secondary N) is 1. The molecule has 0 unspecified atom stereocenters. The van der Waals surface area contributed by atoms with E-state index in [1.54, 1.807) is 30.3 Å². The largest absolute Gasteiger partial charge is 0.456 e. The van der Waals surface area contributed by atoms with E-state index in [9.17, 15) is 19.2 Å². The Morgan fingerprint density at radius 1 is 1.07 bits per heavy atom. The number of carbonyl (C=O) groups is 4. The van der Waals surface area contributed by atoms with E-state index in [0.29, 0.717) is 16.8 Å². The van der Waals surface area contributed by atoms with E-state index in [0.717, 1.165) is 16.0 Å². The normalized spacial score (nSPS) is 13.1. The van der Waals surface area contributed by atoms with Gasteiger partial charge in [0.05, 0.1) is 12.8 Å². The molecule has 0 spiro atoms. The minimum Gasteiger partial charge on any atom is -0.456 e. The molecule has 0 bridgehead atoms. The maximum absolute atomic E-state index is 12.4. The molecular formula is C22H22N2O5. The molecule has 0 radical (unpaired) electrons. The number of nitrogens with zero attached hydrogens (tertiary/aromatic N) is 1. The SMILES string of the molecule is Cc1ccc(NC(=O)COC(=O)CCN2C(=O)Cc3ccccc3C2=O)cc1C. The predicted molar refractivity (Wildman–Crippen MR) is 106 cm³/mol. The van der Waals surface area contributed by atoms with Crippen LogP contribution in [0.2, 0.25) is 0 Å². The number of rotatable bonds is 6. The molecule has 29 heavy (non-hydrogen) atoms. The van der Waals surface area contributed by atoms with Crippen LogP contribution in [0.4, 0.5) is 5.69 Å². The summed E-state index contributed by atoms with van der Waals surface area (Å²) in [5, 5.41) is 2.66. The van der Waals surface area contributed by atoms with Gasteiger partial charge < -0.3 is 10.1 Å². The Labute approximate surface area is 168 Å². The van der Waals surface area contributed by atoms with Gasteiger partial charge in [0.2, 0.25) is 5.91 Å². The lowest BCUT2D eigenvalue weighted by Crippen LogP contribution is -2.43. The third kappa shape index (κ3) is 4.87. The molecule has 0 aliphatic carbocycles. The van der Waals surface area contributed by atoms with Crippen molar-refractivity contribution in [2.45, 2.75) is 26.7 Å². The van der Waals surface area contributed by atoms with Crippen molar-refractivity contribution in [1.29, 1.82) is 0 Å². The molecule has 1 N–H and O–H groups in total. The lowest BCUT2D eigenvalue weighted by atomic mass is 9.98. The molecule has 0 atom stereocenters. The van der Waals surface area contributed by atoms with Gasteiger partial charge in [-0.15, -0.1) is 0 Å². The molecular weight excluding hydrogens is 372 g/mol. The molecule has 1 aliphatic heterocycles. The summed E-state index contributed by atoms with van der Waals surface area (Å²) in [6.45, 7) is 3.39. The maximum atomic E-state index is 12.4. The van der Waals surface area contributed by atoms with E-state index >= 15 is 0 Å². The highest BCUT2D eigenvalue weighted by Crippen LogP contribution is 2.19. The summed E-state index contributed by atoms with van der Waals surface area (Å²) < 4.78 is 4.96. The summed E-state index contributed by atoms with van der Waals surface area (Å²) in [4.78, 5) is 49.6. The maximum Gasteiger partial charge on any atom is 0.308 e. The van der Waals surface area contributed by atoms with Crippen LogP contribution in [-0.4, -0.2) is 41.7 Å². The Kier molecular flexibility index (Phi) is 6.07. The fraction of sp³-hybridized carbons (Fsp3) is 0.273. The molecule has 2 aromatic carbocycles. The molecule has 0 fully saturated rings. The monoisotopic (exact) mass is 394 g/mol. The van der Waals surface area contributed by atoms with Gasteiger partial charge in [0, 0.05) is 17.8 Å². The lowest BCUT2D eigenvalue weighted by molar-refractivity contribution is -0.147. The number of imide groups is 1. The van der Waals surface area contributed by atoms with Gasteiger partial charge in [-0.05, 0) is 48.7 Å². The van der Waals surface area contributed by atoms with E-state index in [4.69, 9.17) is 4.74 Å². The third-order valence-electron chi connectivity index (χ3n) is 4.83. The standard InChI is InChI=1S/C22H22N2O5/c1-14-7-8-17(11-15(14)2)23-19(25)13-29-21(27)9-10-24-20(26)12-16-5-3-4-6-18(16)22(24)28/h3-8,11H,9-10,12-13H2,1-2H3,(H,23,25). The van der Waals surface area contributed by atoms with Crippen LogP contribution in [0, 0.1) is 13.8 Å². The molecule has 7 nitrogen and oxygen atoms in total. The first-order chi connectivity index (χ1) is 13.8. The van der Waals surface area contributed by atoms with E-state index in [-0.39, 0.29) is 25.3 Å². The van der Waals surface area contributed by atoms with Crippen molar-refractivity contribution >= 4 is 29.4 Å². The molecule has 0 saturated carbocycles. The van der Waals surface area contributed by atoms with Gasteiger partial charge in [-0.1, -0.05) is 24.3 Å². The van der Waals surface area contributed by atoms with Crippen LogP contribution in [0.25, 0.3) is 0 Å². The quantitative estimate of drug-likeness (QED) is 0.600. The van der Waals surface area contributed by atoms with Gasteiger partial charge in [0.1, 0.15) is 0 Å². The molecule has 0 saturated heterocycles. The lowest BCUT2D eigenvalue weighted by Gasteiger charge is -2.26. The Morgan fingerprint density at radius 2 is 1.83 bits per heavy atom. The summed E-state index contributed by atoms with van der Waals surface area (Å²) >= 11 is 0. The molecule has 0 aromatic heterocycles. The van der Waals surface area contributed by atoms with Gasteiger partial charge in [0.15, 0.2) is 6.61 Å². The Hall–Kier alpha value is -3.48. The van der Waals surface area contributed by atoms with Crippen LogP contribution in [0.5, 0.6) is 0 Å². The molecule has 150 valence electrons. The smallest absolute Gasteiger partial charge is 0.308 e. The summed E-state index contributed by atoms with van der Waals surface area (Å²) in [5.74, 6) is -1.88. The number of amides is 3. The first kappa shape index (κ1) is 20.3. The second kappa shape index (κ2) is 8.68. The van der Waals surface area contributed by atoms with E-state index < -0.39 is 24.4 Å². The molecule has 7 heteroatoms. The first-order valence-electron chi connectivity index (χ1n) is 9.30. The van der Waals surface area contributed by atoms with Gasteiger partial charge in [-0.2, -0.15) is 0 Å². The van der Waals surface area contributed by atoms with Gasteiger partial charge in [-0.3, -0.25) is 24.1 Å². The average Bonchev–Trinajstić information content (AvgIpc) is 2.69. The van der Waals surface area contributed by atoms with E-state index in [2.05, 4.69) is 5.32 Å². The number of carbonyl (C=O) groups excluding carboxylic acids is 4. The zero-order chi connectivity index (χ0) is 21.0. The van der Waals surface area contributed by atoms with Crippen molar-refractivity contribution in [1.82, 2.24) is 4.90 Å². The van der Waals surface area contributed by atoms with Gasteiger partial charge in [0.25, 0.3) is 11.8 Å². The number of ether oxygens (including phenoxy) is 1. The van der Waals surface area contributed by atoms with E-state index in [1.165, 1.54) is 0 Å². The van der Waals surface area contributed by atoms with Crippen molar-refractivity contribution in [3.63, 3.8) is 0 Å². The fourth-order valence-electron chi connectivity index (χ4n) is 3.06. The summed E-state index contributed by atoms with van der Waals surface area (Å²) in [5.41, 5.74) is 3.92. The van der Waals surface area contributed by atoms with Crippen LogP contribution < -0.4 is 5.32 Å². The first-order valence-corrected chi connectivity index (χ1v) is 9.30. The van der Waals surface area contributed by atoms with Gasteiger partial charge >= 0.3 is 5.97 Å². The second-order valence-corrected chi connectivity index (χ2v) is 6.94. The Morgan fingerprint density at radius 3 is 2.59 bits per heavy atom. The number of hydrogen-bond acceptors (Lipinski definition) is 5. The molecule has 1 aliphatic rings. The van der Waals surface area contributed by atoms with Crippen LogP contribution in [-0.2, 0) is 25.5 Å². The van der Waals surface area contributed by atoms with Crippen molar-refractivity contribution in [3.8, 4) is 0 Å². The summed E-state index contributed by atoms with van der Waals surface area (Å²) in [6.07, 6.45) is -0.0497. The zero-order valence-corrected chi connectivity index (χ0v) is 16.4. The van der Waals surface area contributed by atoms with E-state index in [1.807, 2.05) is 26.0 Å². The molecule has 3 amide bonds. The van der Waals surface area contributed by atoms with Crippen LogP contribution in [0.15, 0.2) is 42.5 Å². The number of fused-ring (bicyclic) bond motifs is 1. The number of anilines is 1. The minimum atomic E-state index is -0.653. The number of aryl methyl sites for hydroxylation is 2. The average molecular weight is 394 g/mol. The third-order valence-corrected chi connectivity index (χ3v) is 4.83. The van der Waals surface area contributed by atoms with Crippen molar-refractivity contribution < 1.29 is 23.9 Å². The van der Waals surface area contributed by atoms with Crippen LogP contribution in [0.1, 0.15) is 33.5 Å². The van der Waals surface area contributed by atoms with Crippen LogP contribution in [0.3, 0.4) is 0 Å². The van der Waals surface area contributed by atoms with Crippen molar-refractivity contribution in [3.05, 3.63) is 64.7 Å². The number of hydrogen-bond donors (Lipinski definition) is 1. The fourth-order valence-corrected chi connectivity index (χ4v) is 3.06. The predicted octanol–water partition coefficient (Wildman–Crippen LogP) is 2.40. The topological polar surface area (TPSA) is 92.8 Å². The highest BCUT2D eigenvalue weighted by atomic mass is 16.5. The summed E-state index contributed by atoms with van der Waals surface area (Å²) in [7, 11) is 0. The summed E-state index contributed by atoms with van der Waals surface area (Å²) in [6, 6.07) is 12.4. The van der Waals surface area contributed by atoms with Crippen LogP contribution >= 0.6 is 0 Å². The highest BCUT2D eigenvalue weighted by molar-refractivity contribution is 6.09.